The first-order valence-electron chi connectivity index (χ1n) is 8.88. The zero-order valence-corrected chi connectivity index (χ0v) is 15.5. The number of carbonyl (C=O) groups excluding carboxylic acids is 1. The van der Waals surface area contributed by atoms with Gasteiger partial charge in [0.2, 0.25) is 5.91 Å². The number of rotatable bonds is 5. The fourth-order valence-electron chi connectivity index (χ4n) is 3.58. The molecule has 2 aromatic heterocycles. The van der Waals surface area contributed by atoms with Crippen LogP contribution in [0.15, 0.2) is 48.8 Å². The molecule has 1 unspecified atom stereocenters. The first-order valence-corrected chi connectivity index (χ1v) is 9.26. The van der Waals surface area contributed by atoms with E-state index in [4.69, 9.17) is 17.3 Å². The minimum atomic E-state index is -0.299. The largest absolute Gasteiger partial charge is 0.332 e. The van der Waals surface area contributed by atoms with E-state index in [1.54, 1.807) is 12.4 Å². The van der Waals surface area contributed by atoms with Gasteiger partial charge >= 0.3 is 0 Å². The maximum absolute atomic E-state index is 13.2. The van der Waals surface area contributed by atoms with E-state index < -0.39 is 0 Å². The summed E-state index contributed by atoms with van der Waals surface area (Å²) in [6.07, 6.45) is 4.09. The molecule has 1 amide bonds. The summed E-state index contributed by atoms with van der Waals surface area (Å²) in [5, 5.41) is 8.11. The van der Waals surface area contributed by atoms with Crippen molar-refractivity contribution in [3.63, 3.8) is 0 Å². The number of nitrogens with two attached hydrogens (primary N) is 1. The lowest BCUT2D eigenvalue weighted by atomic mass is 9.94. The van der Waals surface area contributed by atoms with Crippen LogP contribution in [0.3, 0.4) is 0 Å². The van der Waals surface area contributed by atoms with Crippen molar-refractivity contribution in [3.05, 3.63) is 70.6 Å². The van der Waals surface area contributed by atoms with Crippen LogP contribution >= 0.6 is 11.6 Å². The lowest BCUT2D eigenvalue weighted by molar-refractivity contribution is -0.133. The van der Waals surface area contributed by atoms with Crippen LogP contribution in [0, 0.1) is 0 Å². The van der Waals surface area contributed by atoms with Crippen LogP contribution in [0.2, 0.25) is 5.02 Å². The molecule has 0 bridgehead atoms. The highest BCUT2D eigenvalue weighted by atomic mass is 35.5. The number of aromatic amines is 1. The molecular weight excluding hydrogens is 362 g/mol. The van der Waals surface area contributed by atoms with Crippen molar-refractivity contribution >= 4 is 17.5 Å². The zero-order valence-electron chi connectivity index (χ0n) is 14.7. The van der Waals surface area contributed by atoms with Crippen LogP contribution in [0.5, 0.6) is 0 Å². The summed E-state index contributed by atoms with van der Waals surface area (Å²) in [6.45, 7) is 1.48. The summed E-state index contributed by atoms with van der Waals surface area (Å²) in [4.78, 5) is 19.3. The van der Waals surface area contributed by atoms with Crippen LogP contribution in [0.25, 0.3) is 11.3 Å². The van der Waals surface area contributed by atoms with Gasteiger partial charge in [-0.15, -0.1) is 0 Å². The molecule has 0 spiro atoms. The van der Waals surface area contributed by atoms with Gasteiger partial charge in [0, 0.05) is 28.5 Å². The molecule has 3 aromatic rings. The number of hydrogen-bond acceptors (Lipinski definition) is 4. The minimum Gasteiger partial charge on any atom is -0.332 e. The number of nitrogens with zero attached hydrogens (tertiary/aromatic N) is 3. The highest BCUT2D eigenvalue weighted by Crippen LogP contribution is 2.33. The monoisotopic (exact) mass is 381 g/mol. The molecule has 0 radical (unpaired) electrons. The van der Waals surface area contributed by atoms with Gasteiger partial charge < -0.3 is 10.6 Å². The molecule has 6 nitrogen and oxygen atoms in total. The van der Waals surface area contributed by atoms with E-state index in [0.29, 0.717) is 31.1 Å². The Kier molecular flexibility index (Phi) is 4.92. The third-order valence-electron chi connectivity index (χ3n) is 4.90. The number of amides is 1. The third kappa shape index (κ3) is 3.46. The quantitative estimate of drug-likeness (QED) is 0.710. The van der Waals surface area contributed by atoms with Gasteiger partial charge in [-0.3, -0.25) is 14.9 Å². The van der Waals surface area contributed by atoms with Crippen LogP contribution in [-0.2, 0) is 17.9 Å². The second-order valence-corrected chi connectivity index (χ2v) is 7.09. The van der Waals surface area contributed by atoms with Gasteiger partial charge in [0.15, 0.2) is 0 Å². The summed E-state index contributed by atoms with van der Waals surface area (Å²) in [5.74, 6) is -0.239. The average molecular weight is 382 g/mol. The van der Waals surface area contributed by atoms with E-state index in [-0.39, 0.29) is 11.8 Å². The lowest BCUT2D eigenvalue weighted by Crippen LogP contribution is -2.32. The molecule has 3 N–H and O–H groups in total. The number of hydrogen-bond donors (Lipinski definition) is 2. The summed E-state index contributed by atoms with van der Waals surface area (Å²) >= 11 is 6.12. The van der Waals surface area contributed by atoms with Crippen LogP contribution in [0.4, 0.5) is 0 Å². The number of nitrogens with one attached hydrogen (secondary N) is 1. The molecule has 4 rings (SSSR count). The van der Waals surface area contributed by atoms with Crippen molar-refractivity contribution in [1.82, 2.24) is 20.1 Å². The predicted molar refractivity (Wildman–Crippen MR) is 104 cm³/mol. The molecule has 0 saturated carbocycles. The Hall–Kier alpha value is -2.70. The standard InChI is InChI=1S/C20H20ClN5O/c21-15-5-1-3-13(9-15)16(6-7-22)20(27)26-11-17-18(12-26)24-25-19(17)14-4-2-8-23-10-14/h1-5,8-10,16H,6-7,11-12,22H2,(H,24,25). The number of pyridine rings is 1. The first kappa shape index (κ1) is 17.7. The third-order valence-corrected chi connectivity index (χ3v) is 5.14. The van der Waals surface area contributed by atoms with Gasteiger partial charge in [-0.2, -0.15) is 5.10 Å². The molecule has 3 heterocycles. The fourth-order valence-corrected chi connectivity index (χ4v) is 3.78. The number of halogens is 1. The van der Waals surface area contributed by atoms with E-state index in [1.165, 1.54) is 0 Å². The van der Waals surface area contributed by atoms with Gasteiger partial charge in [0.1, 0.15) is 0 Å². The number of H-pyrrole nitrogens is 1. The maximum atomic E-state index is 13.2. The molecular formula is C20H20ClN5O. The van der Waals surface area contributed by atoms with E-state index in [2.05, 4.69) is 15.2 Å². The minimum absolute atomic E-state index is 0.0597. The van der Waals surface area contributed by atoms with Gasteiger partial charge in [-0.1, -0.05) is 23.7 Å². The van der Waals surface area contributed by atoms with Crippen molar-refractivity contribution in [2.45, 2.75) is 25.4 Å². The summed E-state index contributed by atoms with van der Waals surface area (Å²) in [5.41, 5.74) is 10.5. The number of benzene rings is 1. The highest BCUT2D eigenvalue weighted by molar-refractivity contribution is 6.30. The SMILES string of the molecule is NCCC(C(=O)N1Cc2[nH]nc(-c3cccnc3)c2C1)c1cccc(Cl)c1. The molecule has 7 heteroatoms. The number of carbonyl (C=O) groups is 1. The fraction of sp³-hybridized carbons (Fsp3) is 0.250. The van der Waals surface area contributed by atoms with Crippen molar-refractivity contribution < 1.29 is 4.79 Å². The second-order valence-electron chi connectivity index (χ2n) is 6.65. The Balaban J connectivity index is 1.58. The second kappa shape index (κ2) is 7.50. The maximum Gasteiger partial charge on any atom is 0.230 e. The van der Waals surface area contributed by atoms with Crippen molar-refractivity contribution in [1.29, 1.82) is 0 Å². The van der Waals surface area contributed by atoms with Crippen molar-refractivity contribution in [3.8, 4) is 11.3 Å². The average Bonchev–Trinajstić information content (AvgIpc) is 3.27. The van der Waals surface area contributed by atoms with E-state index in [0.717, 1.165) is 28.1 Å². The Labute approximate surface area is 162 Å². The Morgan fingerprint density at radius 3 is 2.93 bits per heavy atom. The van der Waals surface area contributed by atoms with Crippen LogP contribution in [-0.4, -0.2) is 32.5 Å². The first-order chi connectivity index (χ1) is 13.2. The smallest absolute Gasteiger partial charge is 0.230 e. The Bertz CT molecular complexity index is 956. The van der Waals surface area contributed by atoms with Gasteiger partial charge in [0.25, 0.3) is 0 Å². The molecule has 0 fully saturated rings. The molecule has 138 valence electrons. The molecule has 0 aliphatic carbocycles. The number of aromatic nitrogens is 3. The predicted octanol–water partition coefficient (Wildman–Crippen LogP) is 3.10. The topological polar surface area (TPSA) is 87.9 Å². The molecule has 0 saturated heterocycles. The van der Waals surface area contributed by atoms with Gasteiger partial charge in [0.05, 0.1) is 30.4 Å². The Morgan fingerprint density at radius 1 is 1.30 bits per heavy atom. The molecule has 1 aromatic carbocycles. The van der Waals surface area contributed by atoms with Gasteiger partial charge in [-0.05, 0) is 42.8 Å². The number of fused-ring (bicyclic) bond motifs is 1. The van der Waals surface area contributed by atoms with E-state index >= 15 is 0 Å². The van der Waals surface area contributed by atoms with Crippen molar-refractivity contribution in [2.75, 3.05) is 6.54 Å². The van der Waals surface area contributed by atoms with E-state index in [1.807, 2.05) is 41.3 Å². The molecule has 1 aliphatic rings. The summed E-state index contributed by atoms with van der Waals surface area (Å²) in [7, 11) is 0. The summed E-state index contributed by atoms with van der Waals surface area (Å²) in [6, 6.07) is 11.3. The van der Waals surface area contributed by atoms with Crippen molar-refractivity contribution in [2.24, 2.45) is 5.73 Å². The lowest BCUT2D eigenvalue weighted by Gasteiger charge is -2.23. The normalized spacial score (nSPS) is 14.2. The highest BCUT2D eigenvalue weighted by Gasteiger charge is 2.32. The Morgan fingerprint density at radius 2 is 2.19 bits per heavy atom. The van der Waals surface area contributed by atoms with Crippen LogP contribution < -0.4 is 5.73 Å². The zero-order chi connectivity index (χ0) is 18.8. The van der Waals surface area contributed by atoms with E-state index in [9.17, 15) is 4.79 Å². The molecule has 27 heavy (non-hydrogen) atoms. The van der Waals surface area contributed by atoms with Crippen LogP contribution in [0.1, 0.15) is 29.2 Å². The summed E-state index contributed by atoms with van der Waals surface area (Å²) < 4.78 is 0. The van der Waals surface area contributed by atoms with Gasteiger partial charge in [-0.25, -0.2) is 0 Å². The molecule has 1 atom stereocenters. The molecule has 1 aliphatic heterocycles.